The number of hydrogen-bond donors (Lipinski definition) is 1. The summed E-state index contributed by atoms with van der Waals surface area (Å²) in [7, 11) is 1.65. The second-order valence-electron chi connectivity index (χ2n) is 3.97. The number of rotatable bonds is 5. The lowest BCUT2D eigenvalue weighted by molar-refractivity contribution is 0.414. The van der Waals surface area contributed by atoms with Crippen molar-refractivity contribution >= 4 is 11.8 Å². The Balaban J connectivity index is 2.18. The first-order valence-corrected chi connectivity index (χ1v) is 6.54. The number of nitrogens with zero attached hydrogens (tertiary/aromatic N) is 1. The maximum absolute atomic E-state index is 6.03. The van der Waals surface area contributed by atoms with Gasteiger partial charge in [0.25, 0.3) is 5.22 Å². The SMILES string of the molecule is COc1ccc(C(Sc2ncco2)C(C)N)cc1. The van der Waals surface area contributed by atoms with E-state index in [2.05, 4.69) is 4.98 Å². The third kappa shape index (κ3) is 3.05. The number of benzene rings is 1. The maximum atomic E-state index is 6.03. The van der Waals surface area contributed by atoms with Gasteiger partial charge >= 0.3 is 0 Å². The Morgan fingerprint density at radius 1 is 1.33 bits per heavy atom. The van der Waals surface area contributed by atoms with Crippen LogP contribution in [0.3, 0.4) is 0 Å². The van der Waals surface area contributed by atoms with Crippen molar-refractivity contribution in [1.82, 2.24) is 4.98 Å². The molecule has 0 amide bonds. The van der Waals surface area contributed by atoms with E-state index < -0.39 is 0 Å². The minimum absolute atomic E-state index is 0.00436. The third-order valence-electron chi connectivity index (χ3n) is 2.56. The van der Waals surface area contributed by atoms with E-state index in [0.29, 0.717) is 5.22 Å². The van der Waals surface area contributed by atoms with E-state index in [9.17, 15) is 0 Å². The molecule has 0 fully saturated rings. The van der Waals surface area contributed by atoms with Crippen LogP contribution >= 0.6 is 11.8 Å². The summed E-state index contributed by atoms with van der Waals surface area (Å²) in [6.45, 7) is 1.98. The molecule has 0 spiro atoms. The molecule has 2 unspecified atom stereocenters. The molecule has 0 bridgehead atoms. The Kier molecular flexibility index (Phi) is 4.28. The second kappa shape index (κ2) is 5.93. The summed E-state index contributed by atoms with van der Waals surface area (Å²) in [5.41, 5.74) is 7.17. The fourth-order valence-corrected chi connectivity index (χ4v) is 2.61. The van der Waals surface area contributed by atoms with Crippen LogP contribution in [0.5, 0.6) is 5.75 Å². The molecule has 2 atom stereocenters. The van der Waals surface area contributed by atoms with Gasteiger partial charge in [-0.1, -0.05) is 23.9 Å². The monoisotopic (exact) mass is 264 g/mol. The van der Waals surface area contributed by atoms with E-state index in [4.69, 9.17) is 14.9 Å². The first kappa shape index (κ1) is 13.0. The van der Waals surface area contributed by atoms with Crippen LogP contribution in [0.1, 0.15) is 17.7 Å². The average molecular weight is 264 g/mol. The van der Waals surface area contributed by atoms with Crippen LogP contribution in [-0.4, -0.2) is 18.1 Å². The fraction of sp³-hybridized carbons (Fsp3) is 0.308. The van der Waals surface area contributed by atoms with Crippen LogP contribution < -0.4 is 10.5 Å². The van der Waals surface area contributed by atoms with Gasteiger partial charge in [0, 0.05) is 6.04 Å². The van der Waals surface area contributed by atoms with E-state index in [1.54, 1.807) is 19.6 Å². The number of aromatic nitrogens is 1. The molecule has 1 heterocycles. The zero-order valence-electron chi connectivity index (χ0n) is 10.4. The topological polar surface area (TPSA) is 61.3 Å². The Bertz CT molecular complexity index is 468. The molecule has 1 aromatic carbocycles. The second-order valence-corrected chi connectivity index (χ2v) is 5.06. The van der Waals surface area contributed by atoms with Crippen molar-refractivity contribution in [3.8, 4) is 5.75 Å². The summed E-state index contributed by atoms with van der Waals surface area (Å²) in [6, 6.07) is 7.89. The largest absolute Gasteiger partial charge is 0.497 e. The van der Waals surface area contributed by atoms with Crippen molar-refractivity contribution in [2.24, 2.45) is 5.73 Å². The van der Waals surface area contributed by atoms with E-state index >= 15 is 0 Å². The third-order valence-corrected chi connectivity index (χ3v) is 3.92. The maximum Gasteiger partial charge on any atom is 0.256 e. The predicted octanol–water partition coefficient (Wildman–Crippen LogP) is 2.86. The Hall–Kier alpha value is -1.46. The number of methoxy groups -OCH3 is 1. The number of thioether (sulfide) groups is 1. The Labute approximate surface area is 111 Å². The van der Waals surface area contributed by atoms with E-state index in [1.165, 1.54) is 11.8 Å². The summed E-state index contributed by atoms with van der Waals surface area (Å²) in [4.78, 5) is 4.11. The van der Waals surface area contributed by atoms with Gasteiger partial charge in [-0.25, -0.2) is 4.98 Å². The van der Waals surface area contributed by atoms with Crippen molar-refractivity contribution in [1.29, 1.82) is 0 Å². The van der Waals surface area contributed by atoms with Crippen LogP contribution in [0.4, 0.5) is 0 Å². The lowest BCUT2D eigenvalue weighted by atomic mass is 10.1. The molecular weight excluding hydrogens is 248 g/mol. The molecule has 0 saturated carbocycles. The Morgan fingerprint density at radius 3 is 2.56 bits per heavy atom. The highest BCUT2D eigenvalue weighted by atomic mass is 32.2. The van der Waals surface area contributed by atoms with Gasteiger partial charge in [0.05, 0.1) is 18.6 Å². The van der Waals surface area contributed by atoms with Crippen molar-refractivity contribution in [2.45, 2.75) is 23.4 Å². The Morgan fingerprint density at radius 2 is 2.06 bits per heavy atom. The van der Waals surface area contributed by atoms with Crippen molar-refractivity contribution in [2.75, 3.05) is 7.11 Å². The molecule has 0 radical (unpaired) electrons. The number of nitrogens with two attached hydrogens (primary N) is 1. The van der Waals surface area contributed by atoms with Crippen molar-refractivity contribution in [3.63, 3.8) is 0 Å². The molecule has 4 nitrogen and oxygen atoms in total. The molecule has 18 heavy (non-hydrogen) atoms. The zero-order chi connectivity index (χ0) is 13.0. The molecule has 5 heteroatoms. The molecule has 2 aromatic rings. The normalized spacial score (nSPS) is 14.2. The smallest absolute Gasteiger partial charge is 0.256 e. The molecule has 0 saturated heterocycles. The van der Waals surface area contributed by atoms with Crippen molar-refractivity contribution in [3.05, 3.63) is 42.3 Å². The predicted molar refractivity (Wildman–Crippen MR) is 71.7 cm³/mol. The summed E-state index contributed by atoms with van der Waals surface area (Å²) >= 11 is 1.53. The number of ether oxygens (including phenoxy) is 1. The van der Waals surface area contributed by atoms with Crippen LogP contribution in [0.15, 0.2) is 46.4 Å². The lowest BCUT2D eigenvalue weighted by Gasteiger charge is -2.19. The summed E-state index contributed by atoms with van der Waals surface area (Å²) in [5.74, 6) is 0.836. The van der Waals surface area contributed by atoms with Crippen LogP contribution in [-0.2, 0) is 0 Å². The quantitative estimate of drug-likeness (QED) is 0.841. The van der Waals surface area contributed by atoms with Gasteiger partial charge in [-0.05, 0) is 24.6 Å². The van der Waals surface area contributed by atoms with Gasteiger partial charge in [-0.15, -0.1) is 0 Å². The highest BCUT2D eigenvalue weighted by molar-refractivity contribution is 7.99. The van der Waals surface area contributed by atoms with Crippen LogP contribution in [0.25, 0.3) is 0 Å². The summed E-state index contributed by atoms with van der Waals surface area (Å²) in [5, 5.41) is 0.739. The first-order valence-electron chi connectivity index (χ1n) is 5.66. The number of oxazole rings is 1. The fourth-order valence-electron chi connectivity index (χ4n) is 1.65. The molecule has 2 N–H and O–H groups in total. The van der Waals surface area contributed by atoms with Gasteiger partial charge in [-0.2, -0.15) is 0 Å². The van der Waals surface area contributed by atoms with Gasteiger partial charge in [-0.3, -0.25) is 0 Å². The number of hydrogen-bond acceptors (Lipinski definition) is 5. The molecule has 0 aliphatic rings. The van der Waals surface area contributed by atoms with E-state index in [1.807, 2.05) is 31.2 Å². The molecule has 2 rings (SSSR count). The summed E-state index contributed by atoms with van der Waals surface area (Å²) < 4.78 is 10.4. The summed E-state index contributed by atoms with van der Waals surface area (Å²) in [6.07, 6.45) is 3.20. The van der Waals surface area contributed by atoms with Gasteiger partial charge in [0.1, 0.15) is 12.0 Å². The minimum Gasteiger partial charge on any atom is -0.497 e. The highest BCUT2D eigenvalue weighted by Gasteiger charge is 2.19. The molecule has 0 aliphatic heterocycles. The van der Waals surface area contributed by atoms with E-state index in [0.717, 1.165) is 11.3 Å². The first-order chi connectivity index (χ1) is 8.70. The van der Waals surface area contributed by atoms with Gasteiger partial charge < -0.3 is 14.9 Å². The van der Waals surface area contributed by atoms with Crippen LogP contribution in [0.2, 0.25) is 0 Å². The van der Waals surface area contributed by atoms with Crippen LogP contribution in [0, 0.1) is 0 Å². The molecule has 96 valence electrons. The average Bonchev–Trinajstić information content (AvgIpc) is 2.89. The van der Waals surface area contributed by atoms with Gasteiger partial charge in [0.15, 0.2) is 0 Å². The standard InChI is InChI=1S/C13H16N2O2S/c1-9(14)12(18-13-15-7-8-17-13)10-3-5-11(16-2)6-4-10/h3-9,12H,14H2,1-2H3. The highest BCUT2D eigenvalue weighted by Crippen LogP contribution is 2.36. The zero-order valence-corrected chi connectivity index (χ0v) is 11.2. The minimum atomic E-state index is -0.00436. The molecule has 1 aromatic heterocycles. The van der Waals surface area contributed by atoms with E-state index in [-0.39, 0.29) is 11.3 Å². The van der Waals surface area contributed by atoms with Gasteiger partial charge in [0.2, 0.25) is 0 Å². The van der Waals surface area contributed by atoms with Crippen molar-refractivity contribution < 1.29 is 9.15 Å². The lowest BCUT2D eigenvalue weighted by Crippen LogP contribution is -2.22. The molecular formula is C13H16N2O2S. The molecule has 0 aliphatic carbocycles.